The maximum Gasteiger partial charge on any atom is 0.305 e. The molecule has 6 rings (SSSR count). The number of fused-ring (bicyclic) bond motifs is 2. The first-order valence-corrected chi connectivity index (χ1v) is 13.6. The van der Waals surface area contributed by atoms with Crippen molar-refractivity contribution in [2.24, 2.45) is 0 Å². The number of anilines is 2. The first kappa shape index (κ1) is 26.3. The predicted molar refractivity (Wildman–Crippen MR) is 154 cm³/mol. The van der Waals surface area contributed by atoms with E-state index in [0.29, 0.717) is 39.7 Å². The van der Waals surface area contributed by atoms with Gasteiger partial charge in [-0.1, -0.05) is 24.3 Å². The van der Waals surface area contributed by atoms with E-state index in [0.717, 1.165) is 42.4 Å². The van der Waals surface area contributed by atoms with Gasteiger partial charge in [-0.2, -0.15) is 5.10 Å². The molecule has 1 aliphatic heterocycles. The number of hydrogen-bond donors (Lipinski definition) is 5. The lowest BCUT2D eigenvalue weighted by molar-refractivity contribution is -0.664. The molecule has 0 aliphatic carbocycles. The highest BCUT2D eigenvalue weighted by molar-refractivity contribution is 6.07. The van der Waals surface area contributed by atoms with Crippen molar-refractivity contribution in [3.05, 3.63) is 60.6 Å². The molecule has 210 valence electrons. The molecule has 4 heterocycles. The highest BCUT2D eigenvalue weighted by atomic mass is 16.5. The van der Waals surface area contributed by atoms with Crippen molar-refractivity contribution in [2.45, 2.75) is 25.3 Å². The van der Waals surface area contributed by atoms with Crippen molar-refractivity contribution in [3.8, 4) is 17.0 Å². The highest BCUT2D eigenvalue weighted by Gasteiger charge is 2.26. The van der Waals surface area contributed by atoms with Crippen LogP contribution in [0.4, 0.5) is 11.5 Å². The van der Waals surface area contributed by atoms with Crippen LogP contribution in [0.2, 0.25) is 0 Å². The van der Waals surface area contributed by atoms with E-state index in [-0.39, 0.29) is 24.9 Å². The molecule has 6 N–H and O–H groups in total. The molecule has 0 unspecified atom stereocenters. The van der Waals surface area contributed by atoms with Crippen LogP contribution in [0.1, 0.15) is 35.8 Å². The fraction of sp³-hybridized carbons (Fsp3) is 0.276. The summed E-state index contributed by atoms with van der Waals surface area (Å²) in [7, 11) is 1.55. The molecule has 12 nitrogen and oxygen atoms in total. The topological polar surface area (TPSA) is 164 Å². The Morgan fingerprint density at radius 1 is 1.15 bits per heavy atom. The van der Waals surface area contributed by atoms with Gasteiger partial charge in [-0.15, -0.1) is 0 Å². The molecule has 0 spiro atoms. The predicted octanol–water partition coefficient (Wildman–Crippen LogP) is 3.02. The molecule has 3 aromatic heterocycles. The first-order valence-electron chi connectivity index (χ1n) is 13.6. The number of nitrogens with zero attached hydrogens (tertiary/aromatic N) is 4. The van der Waals surface area contributed by atoms with E-state index in [9.17, 15) is 9.59 Å². The summed E-state index contributed by atoms with van der Waals surface area (Å²) in [6.45, 7) is 2.23. The van der Waals surface area contributed by atoms with Crippen molar-refractivity contribution in [2.75, 3.05) is 37.4 Å². The average Bonchev–Trinajstić information content (AvgIpc) is 3.61. The van der Waals surface area contributed by atoms with Crippen molar-refractivity contribution >= 4 is 45.3 Å². The SMILES string of the molecule is COc1cc(-c2nn(C3CC[NH2+]CC3)c3ncnc(NCCC(=O)O)c23)ccc1NC(=O)c1cc2ccccc2[nH]1. The quantitative estimate of drug-likeness (QED) is 0.185. The van der Waals surface area contributed by atoms with Crippen LogP contribution >= 0.6 is 0 Å². The summed E-state index contributed by atoms with van der Waals surface area (Å²) in [5.41, 5.74) is 3.94. The van der Waals surface area contributed by atoms with Gasteiger partial charge in [0.25, 0.3) is 5.91 Å². The number of rotatable bonds is 9. The number of ether oxygens (including phenoxy) is 1. The van der Waals surface area contributed by atoms with Crippen molar-refractivity contribution in [3.63, 3.8) is 0 Å². The Morgan fingerprint density at radius 2 is 1.98 bits per heavy atom. The van der Waals surface area contributed by atoms with E-state index < -0.39 is 5.97 Å². The second-order valence-corrected chi connectivity index (χ2v) is 10.0. The third kappa shape index (κ3) is 5.29. The molecule has 0 bridgehead atoms. The molecule has 0 atom stereocenters. The molecular formula is C29H31N8O4+. The van der Waals surface area contributed by atoms with Crippen LogP contribution < -0.4 is 20.7 Å². The molecule has 12 heteroatoms. The maximum atomic E-state index is 13.1. The van der Waals surface area contributed by atoms with Gasteiger partial charge in [0.1, 0.15) is 29.3 Å². The number of carboxylic acids is 1. The van der Waals surface area contributed by atoms with Crippen LogP contribution in [0.3, 0.4) is 0 Å². The summed E-state index contributed by atoms with van der Waals surface area (Å²) in [4.78, 5) is 36.4. The van der Waals surface area contributed by atoms with Crippen LogP contribution in [-0.2, 0) is 4.79 Å². The van der Waals surface area contributed by atoms with E-state index in [4.69, 9.17) is 14.9 Å². The van der Waals surface area contributed by atoms with Gasteiger partial charge in [0.2, 0.25) is 0 Å². The number of H-pyrrole nitrogens is 1. The number of carboxylic acid groups (broad SMARTS) is 1. The van der Waals surface area contributed by atoms with Crippen LogP contribution in [0.25, 0.3) is 33.2 Å². The standard InChI is InChI=1S/C29H30N8O4/c1-41-23-15-18(6-7-21(23)35-29(40)22-14-17-4-2-3-5-20(17)34-22)26-25-27(31-13-10-24(38)39)32-16-33-28(25)37(36-26)19-8-11-30-12-9-19/h2-7,14-16,19,30,34H,8-13H2,1H3,(H,35,40)(H,38,39)(H,31,32,33)/p+1. The molecule has 1 aliphatic rings. The molecule has 1 amide bonds. The number of aliphatic carboxylic acids is 1. The lowest BCUT2D eigenvalue weighted by Crippen LogP contribution is -2.86. The monoisotopic (exact) mass is 555 g/mol. The number of hydrogen-bond acceptors (Lipinski definition) is 7. The summed E-state index contributed by atoms with van der Waals surface area (Å²) in [6.07, 6.45) is 3.35. The molecule has 2 aromatic carbocycles. The average molecular weight is 556 g/mol. The van der Waals surface area contributed by atoms with Crippen LogP contribution in [0.5, 0.6) is 5.75 Å². The Hall–Kier alpha value is -4.97. The minimum Gasteiger partial charge on any atom is -0.495 e. The van der Waals surface area contributed by atoms with Gasteiger partial charge in [0.05, 0.1) is 43.7 Å². The first-order chi connectivity index (χ1) is 20.0. The van der Waals surface area contributed by atoms with Gasteiger partial charge in [-0.3, -0.25) is 9.59 Å². The summed E-state index contributed by atoms with van der Waals surface area (Å²) in [6, 6.07) is 15.2. The maximum absolute atomic E-state index is 13.1. The van der Waals surface area contributed by atoms with Gasteiger partial charge < -0.3 is 30.8 Å². The van der Waals surface area contributed by atoms with Crippen LogP contribution in [0.15, 0.2) is 54.9 Å². The summed E-state index contributed by atoms with van der Waals surface area (Å²) in [5.74, 6) is -0.185. The molecule has 1 fully saturated rings. The number of para-hydroxylation sites is 1. The van der Waals surface area contributed by atoms with E-state index in [1.165, 1.54) is 6.33 Å². The van der Waals surface area contributed by atoms with Crippen molar-refractivity contribution < 1.29 is 24.7 Å². The molecule has 0 radical (unpaired) electrons. The van der Waals surface area contributed by atoms with Crippen molar-refractivity contribution in [1.29, 1.82) is 0 Å². The number of methoxy groups -OCH3 is 1. The lowest BCUT2D eigenvalue weighted by atomic mass is 10.1. The minimum absolute atomic E-state index is 0.0496. The minimum atomic E-state index is -0.896. The summed E-state index contributed by atoms with van der Waals surface area (Å²) in [5, 5.41) is 24.2. The smallest absolute Gasteiger partial charge is 0.305 e. The van der Waals surface area contributed by atoms with Gasteiger partial charge in [0, 0.05) is 35.9 Å². The lowest BCUT2D eigenvalue weighted by Gasteiger charge is -2.21. The number of aromatic nitrogens is 5. The number of amides is 1. The molecule has 5 aromatic rings. The number of carbonyl (C=O) groups excluding carboxylic acids is 1. The second kappa shape index (κ2) is 11.3. The fourth-order valence-electron chi connectivity index (χ4n) is 5.33. The third-order valence-corrected chi connectivity index (χ3v) is 7.37. The second-order valence-electron chi connectivity index (χ2n) is 10.0. The summed E-state index contributed by atoms with van der Waals surface area (Å²) >= 11 is 0. The Kier molecular flexibility index (Phi) is 7.21. The Labute approximate surface area is 235 Å². The number of piperidine rings is 1. The third-order valence-electron chi connectivity index (χ3n) is 7.37. The van der Waals surface area contributed by atoms with Gasteiger partial charge in [-0.05, 0) is 24.3 Å². The molecule has 1 saturated heterocycles. The zero-order valence-electron chi connectivity index (χ0n) is 22.6. The number of nitrogens with two attached hydrogens (primary N) is 1. The largest absolute Gasteiger partial charge is 0.495 e. The number of quaternary nitrogens is 1. The van der Waals surface area contributed by atoms with Crippen LogP contribution in [0, 0.1) is 0 Å². The highest BCUT2D eigenvalue weighted by Crippen LogP contribution is 2.37. The zero-order chi connectivity index (χ0) is 28.3. The van der Waals surface area contributed by atoms with Crippen LogP contribution in [-0.4, -0.2) is 68.5 Å². The number of aromatic amines is 1. The number of benzene rings is 2. The Morgan fingerprint density at radius 3 is 2.76 bits per heavy atom. The van der Waals surface area contributed by atoms with E-state index in [1.807, 2.05) is 47.1 Å². The molecule has 0 saturated carbocycles. The number of carbonyl (C=O) groups is 2. The van der Waals surface area contributed by atoms with Crippen molar-refractivity contribution in [1.82, 2.24) is 24.7 Å². The van der Waals surface area contributed by atoms with E-state index >= 15 is 0 Å². The normalized spacial score (nSPS) is 13.9. The van der Waals surface area contributed by atoms with E-state index in [2.05, 4.69) is 30.9 Å². The van der Waals surface area contributed by atoms with Gasteiger partial charge in [0.15, 0.2) is 5.65 Å². The van der Waals surface area contributed by atoms with Gasteiger partial charge >= 0.3 is 5.97 Å². The fourth-order valence-corrected chi connectivity index (χ4v) is 5.33. The molecule has 41 heavy (non-hydrogen) atoms. The Bertz CT molecular complexity index is 1700. The molecular weight excluding hydrogens is 524 g/mol. The van der Waals surface area contributed by atoms with E-state index in [1.54, 1.807) is 13.2 Å². The van der Waals surface area contributed by atoms with Gasteiger partial charge in [-0.25, -0.2) is 14.6 Å². The summed E-state index contributed by atoms with van der Waals surface area (Å²) < 4.78 is 7.66. The Balaban J connectivity index is 1.37. The number of nitrogens with one attached hydrogen (secondary N) is 3. The zero-order valence-corrected chi connectivity index (χ0v) is 22.6.